The Balaban J connectivity index is 1.46. The second-order valence-corrected chi connectivity index (χ2v) is 9.38. The van der Waals surface area contributed by atoms with Gasteiger partial charge in [0, 0.05) is 12.1 Å². The Labute approximate surface area is 164 Å². The summed E-state index contributed by atoms with van der Waals surface area (Å²) >= 11 is 3.51. The molecule has 0 saturated heterocycles. The van der Waals surface area contributed by atoms with E-state index >= 15 is 0 Å². The van der Waals surface area contributed by atoms with E-state index in [1.165, 1.54) is 38.5 Å². The molecule has 4 fully saturated rings. The zero-order valence-corrected chi connectivity index (χ0v) is 17.2. The molecule has 0 radical (unpaired) electrons. The van der Waals surface area contributed by atoms with Crippen molar-refractivity contribution >= 4 is 21.8 Å². The van der Waals surface area contributed by atoms with E-state index in [-0.39, 0.29) is 5.91 Å². The summed E-state index contributed by atoms with van der Waals surface area (Å²) < 4.78 is 11.8. The Hall–Kier alpha value is -1.23. The molecule has 4 aliphatic rings. The van der Waals surface area contributed by atoms with E-state index in [2.05, 4.69) is 21.2 Å². The number of halogens is 1. The second-order valence-electron chi connectivity index (χ2n) is 8.52. The van der Waals surface area contributed by atoms with Crippen LogP contribution < -0.4 is 14.8 Å². The van der Waals surface area contributed by atoms with Crippen molar-refractivity contribution in [2.24, 2.45) is 23.2 Å². The predicted molar refractivity (Wildman–Crippen MR) is 105 cm³/mol. The van der Waals surface area contributed by atoms with Gasteiger partial charge in [0.1, 0.15) is 0 Å². The van der Waals surface area contributed by atoms with Gasteiger partial charge in [0.15, 0.2) is 11.5 Å². The molecule has 4 bridgehead atoms. The molecule has 1 aromatic rings. The van der Waals surface area contributed by atoms with Crippen LogP contribution in [-0.2, 0) is 0 Å². The number of nitrogens with one attached hydrogen (secondary N) is 1. The first-order valence-electron chi connectivity index (χ1n) is 9.80. The lowest BCUT2D eigenvalue weighted by Crippen LogP contribution is -2.51. The molecular formula is C21H28BrNO3. The van der Waals surface area contributed by atoms with Crippen molar-refractivity contribution in [2.45, 2.75) is 45.4 Å². The van der Waals surface area contributed by atoms with Crippen LogP contribution in [0.1, 0.15) is 55.8 Å². The highest BCUT2D eigenvalue weighted by Gasteiger charge is 2.50. The number of amides is 1. The van der Waals surface area contributed by atoms with E-state index in [0.717, 1.165) is 28.8 Å². The lowest BCUT2D eigenvalue weighted by atomic mass is 9.49. The molecule has 4 nitrogen and oxygen atoms in total. The van der Waals surface area contributed by atoms with Gasteiger partial charge in [0.25, 0.3) is 5.91 Å². The number of methoxy groups -OCH3 is 1. The average Bonchev–Trinajstić information content (AvgIpc) is 2.60. The first-order valence-corrected chi connectivity index (χ1v) is 10.6. The standard InChI is InChI=1S/C21H28BrNO3/c1-3-26-19-17(22)7-16(8-18(19)25-2)20(24)23-12-21-9-13-4-14(10-21)6-15(5-13)11-21/h7-8,13-15H,3-6,9-12H2,1-2H3,(H,23,24). The molecule has 1 amide bonds. The second kappa shape index (κ2) is 7.06. The van der Waals surface area contributed by atoms with Crippen LogP contribution in [0.2, 0.25) is 0 Å². The van der Waals surface area contributed by atoms with Gasteiger partial charge < -0.3 is 14.8 Å². The molecule has 4 saturated carbocycles. The summed E-state index contributed by atoms with van der Waals surface area (Å²) in [6.45, 7) is 3.28. The molecule has 142 valence electrons. The van der Waals surface area contributed by atoms with Gasteiger partial charge in [-0.1, -0.05) is 0 Å². The highest BCUT2D eigenvalue weighted by Crippen LogP contribution is 2.59. The van der Waals surface area contributed by atoms with Crippen LogP contribution in [0.15, 0.2) is 16.6 Å². The molecule has 0 aromatic heterocycles. The molecule has 1 aromatic carbocycles. The molecule has 26 heavy (non-hydrogen) atoms. The molecule has 0 heterocycles. The van der Waals surface area contributed by atoms with Crippen LogP contribution in [0.25, 0.3) is 0 Å². The summed E-state index contributed by atoms with van der Waals surface area (Å²) in [5, 5.41) is 3.23. The monoisotopic (exact) mass is 421 g/mol. The van der Waals surface area contributed by atoms with Crippen LogP contribution in [0, 0.1) is 23.2 Å². The summed E-state index contributed by atoms with van der Waals surface area (Å²) in [5.41, 5.74) is 0.957. The number of hydrogen-bond donors (Lipinski definition) is 1. The lowest BCUT2D eigenvalue weighted by Gasteiger charge is -2.56. The van der Waals surface area contributed by atoms with Crippen molar-refractivity contribution in [2.75, 3.05) is 20.3 Å². The van der Waals surface area contributed by atoms with Crippen molar-refractivity contribution in [3.63, 3.8) is 0 Å². The van der Waals surface area contributed by atoms with E-state index in [0.29, 0.717) is 29.1 Å². The van der Waals surface area contributed by atoms with Gasteiger partial charge in [0.05, 0.1) is 18.2 Å². The molecule has 1 N–H and O–H groups in total. The van der Waals surface area contributed by atoms with Crippen LogP contribution in [0.4, 0.5) is 0 Å². The van der Waals surface area contributed by atoms with Gasteiger partial charge >= 0.3 is 0 Å². The highest BCUT2D eigenvalue weighted by atomic mass is 79.9. The smallest absolute Gasteiger partial charge is 0.251 e. The van der Waals surface area contributed by atoms with Crippen LogP contribution in [-0.4, -0.2) is 26.2 Å². The van der Waals surface area contributed by atoms with Crippen molar-refractivity contribution in [1.82, 2.24) is 5.32 Å². The van der Waals surface area contributed by atoms with Gasteiger partial charge in [-0.25, -0.2) is 0 Å². The number of carbonyl (C=O) groups is 1. The predicted octanol–water partition coefficient (Wildman–Crippen LogP) is 4.80. The van der Waals surface area contributed by atoms with Crippen molar-refractivity contribution < 1.29 is 14.3 Å². The third-order valence-electron chi connectivity index (χ3n) is 6.57. The molecule has 5 heteroatoms. The molecule has 5 rings (SSSR count). The fraction of sp³-hybridized carbons (Fsp3) is 0.667. The highest BCUT2D eigenvalue weighted by molar-refractivity contribution is 9.10. The lowest BCUT2D eigenvalue weighted by molar-refractivity contribution is -0.0503. The maximum Gasteiger partial charge on any atom is 0.251 e. The van der Waals surface area contributed by atoms with Crippen molar-refractivity contribution in [3.8, 4) is 11.5 Å². The van der Waals surface area contributed by atoms with Gasteiger partial charge in [-0.15, -0.1) is 0 Å². The van der Waals surface area contributed by atoms with Gasteiger partial charge in [0.2, 0.25) is 0 Å². The minimum Gasteiger partial charge on any atom is -0.493 e. The minimum absolute atomic E-state index is 0.0252. The number of rotatable bonds is 6. The first-order chi connectivity index (χ1) is 12.5. The molecule has 0 spiro atoms. The normalized spacial score (nSPS) is 31.7. The van der Waals surface area contributed by atoms with Crippen molar-refractivity contribution in [1.29, 1.82) is 0 Å². The van der Waals surface area contributed by atoms with Crippen LogP contribution >= 0.6 is 15.9 Å². The minimum atomic E-state index is -0.0252. The van der Waals surface area contributed by atoms with Gasteiger partial charge in [-0.3, -0.25) is 4.79 Å². The van der Waals surface area contributed by atoms with Crippen LogP contribution in [0.5, 0.6) is 11.5 Å². The first kappa shape index (κ1) is 18.1. The maximum atomic E-state index is 12.8. The average molecular weight is 422 g/mol. The zero-order chi connectivity index (χ0) is 18.3. The Morgan fingerprint density at radius 1 is 1.19 bits per heavy atom. The molecule has 0 atom stereocenters. The van der Waals surface area contributed by atoms with Gasteiger partial charge in [-0.05, 0) is 96.7 Å². The fourth-order valence-electron chi connectivity index (χ4n) is 6.01. The Kier molecular flexibility index (Phi) is 4.93. The van der Waals surface area contributed by atoms with Gasteiger partial charge in [-0.2, -0.15) is 0 Å². The van der Waals surface area contributed by atoms with E-state index < -0.39 is 0 Å². The maximum absolute atomic E-state index is 12.8. The number of hydrogen-bond acceptors (Lipinski definition) is 3. The molecule has 0 unspecified atom stereocenters. The van der Waals surface area contributed by atoms with E-state index in [9.17, 15) is 4.79 Å². The van der Waals surface area contributed by atoms with Crippen LogP contribution in [0.3, 0.4) is 0 Å². The summed E-state index contributed by atoms with van der Waals surface area (Å²) in [5.74, 6) is 3.91. The largest absolute Gasteiger partial charge is 0.493 e. The summed E-state index contributed by atoms with van der Waals surface area (Å²) in [6.07, 6.45) is 8.18. The Morgan fingerprint density at radius 2 is 1.81 bits per heavy atom. The topological polar surface area (TPSA) is 47.6 Å². The molecule has 4 aliphatic carbocycles. The van der Waals surface area contributed by atoms with E-state index in [1.807, 2.05) is 13.0 Å². The SMILES string of the molecule is CCOc1c(Br)cc(C(=O)NCC23CC4CC(CC(C4)C2)C3)cc1OC. The van der Waals surface area contributed by atoms with E-state index in [4.69, 9.17) is 9.47 Å². The zero-order valence-electron chi connectivity index (χ0n) is 15.6. The number of ether oxygens (including phenoxy) is 2. The third-order valence-corrected chi connectivity index (χ3v) is 7.16. The third kappa shape index (κ3) is 3.35. The summed E-state index contributed by atoms with van der Waals surface area (Å²) in [6, 6.07) is 3.59. The molecule has 0 aliphatic heterocycles. The summed E-state index contributed by atoms with van der Waals surface area (Å²) in [7, 11) is 1.60. The Morgan fingerprint density at radius 3 is 2.35 bits per heavy atom. The number of benzene rings is 1. The van der Waals surface area contributed by atoms with E-state index in [1.54, 1.807) is 13.2 Å². The van der Waals surface area contributed by atoms with Crippen molar-refractivity contribution in [3.05, 3.63) is 22.2 Å². The number of carbonyl (C=O) groups excluding carboxylic acids is 1. The fourth-order valence-corrected chi connectivity index (χ4v) is 6.57. The molecular weight excluding hydrogens is 394 g/mol. The summed E-state index contributed by atoms with van der Waals surface area (Å²) in [4.78, 5) is 12.8. The Bertz CT molecular complexity index is 667. The quantitative estimate of drug-likeness (QED) is 0.716.